The summed E-state index contributed by atoms with van der Waals surface area (Å²) in [6, 6.07) is 0. The Kier molecular flexibility index (Phi) is 100. The number of carboxylic acids is 3. The summed E-state index contributed by atoms with van der Waals surface area (Å²) in [5.74, 6) is -4.31. The molecule has 0 rings (SSSR count). The summed E-state index contributed by atoms with van der Waals surface area (Å²) in [5, 5.41) is 41.2. The highest BCUT2D eigenvalue weighted by Gasteiger charge is 2.28. The van der Waals surface area contributed by atoms with Gasteiger partial charge in [0.25, 0.3) is 0 Å². The largest absolute Gasteiger partial charge is 0.481 e. The molecule has 0 bridgehead atoms. The molecule has 0 fully saturated rings. The number of amides is 2. The van der Waals surface area contributed by atoms with Crippen molar-refractivity contribution in [1.29, 1.82) is 0 Å². The van der Waals surface area contributed by atoms with Crippen molar-refractivity contribution in [2.45, 2.75) is 341 Å². The second-order valence-corrected chi connectivity index (χ2v) is 30.6. The standard InChI is InChI=1S/C24H44O6.C18H35NO3.C14H26O4.C12H20O6.C10H26N4.C8H13NO3.C4H11N/c1-6-9-14-20(7-2)19-30-22(26)15-11-10-12-17-28-21(25)16-13-18-29-23(27)24(4,5)8-3;1-4-6-7-8-11-14-18(21)22-16-12-9-10-13-17(20)19(3)15-5-2;1-2-3-4-5-8-11-14(17)18-12-9-6-7-10-13(15)16;1-4-12(2,3)11(16)18-8-7-17-10(15)6-5-9(13)14;1-3-4-12-7-8-14-10-9-13-6-5-11-2;1-3-6-9(2)7(10)4-5-8(11)12;1-3-4-5-2/h20H,6-19H2,1-5H3;4-16H2,1-3H3;2-12H2,1H3,(H,15,16);4-8H2,1-3H3,(H,13,14);11-14H,3-10H2,1-2H3;4-5H,3,6H2,1-2H3,(H,11,12);5H,3-4H2,1-2H3. The van der Waals surface area contributed by atoms with Gasteiger partial charge in [0, 0.05) is 117 Å². The number of carboxylic acid groups (broad SMARTS) is 3. The summed E-state index contributed by atoms with van der Waals surface area (Å²) in [7, 11) is 7.43. The zero-order valence-corrected chi connectivity index (χ0v) is 78.1. The van der Waals surface area contributed by atoms with Gasteiger partial charge in [0.1, 0.15) is 13.2 Å². The third-order valence-corrected chi connectivity index (χ3v) is 18.4. The van der Waals surface area contributed by atoms with E-state index in [0.29, 0.717) is 90.3 Å². The molecule has 0 aliphatic rings. The predicted octanol–water partition coefficient (Wildman–Crippen LogP) is 15.3. The minimum absolute atomic E-state index is 0.0128. The maximum absolute atomic E-state index is 11.8. The van der Waals surface area contributed by atoms with Crippen LogP contribution >= 0.6 is 0 Å². The van der Waals surface area contributed by atoms with Gasteiger partial charge >= 0.3 is 59.7 Å². The van der Waals surface area contributed by atoms with Crippen LogP contribution in [0.25, 0.3) is 0 Å². The van der Waals surface area contributed by atoms with Crippen molar-refractivity contribution in [3.63, 3.8) is 0 Å². The van der Waals surface area contributed by atoms with Crippen LogP contribution < -0.4 is 26.6 Å². The van der Waals surface area contributed by atoms with Crippen molar-refractivity contribution in [1.82, 2.24) is 36.4 Å². The number of aliphatic carboxylic acids is 3. The quantitative estimate of drug-likeness (QED) is 0.0121. The highest BCUT2D eigenvalue weighted by molar-refractivity contribution is 5.93. The number of hydrogen-bond donors (Lipinski definition) is 8. The first-order chi connectivity index (χ1) is 56.7. The van der Waals surface area contributed by atoms with Crippen LogP contribution in [0.5, 0.6) is 0 Å². The molecule has 29 heteroatoms. The smallest absolute Gasteiger partial charge is 0.328 e. The molecule has 0 spiro atoms. The lowest BCUT2D eigenvalue weighted by molar-refractivity contribution is -0.159. The van der Waals surface area contributed by atoms with E-state index >= 15 is 0 Å². The number of nitrogens with one attached hydrogen (secondary N) is 5. The fourth-order valence-electron chi connectivity index (χ4n) is 9.73. The maximum atomic E-state index is 11.8. The predicted molar refractivity (Wildman–Crippen MR) is 474 cm³/mol. The van der Waals surface area contributed by atoms with E-state index in [2.05, 4.69) is 75.1 Å². The minimum Gasteiger partial charge on any atom is -0.481 e. The number of hydrogen-bond acceptors (Lipinski definition) is 24. The van der Waals surface area contributed by atoms with Crippen LogP contribution in [0.2, 0.25) is 0 Å². The molecule has 702 valence electrons. The zero-order valence-electron chi connectivity index (χ0n) is 78.1. The van der Waals surface area contributed by atoms with Gasteiger partial charge in [-0.1, -0.05) is 140 Å². The van der Waals surface area contributed by atoms with E-state index in [1.165, 1.54) is 69.1 Å². The molecule has 1 atom stereocenters. The Morgan fingerprint density at radius 2 is 0.689 bits per heavy atom. The van der Waals surface area contributed by atoms with E-state index in [1.54, 1.807) is 25.8 Å². The molecule has 2 amide bonds. The average Bonchev–Trinajstić information content (AvgIpc) is 0.901. The van der Waals surface area contributed by atoms with Gasteiger partial charge in [-0.25, -0.2) is 4.79 Å². The van der Waals surface area contributed by atoms with Crippen molar-refractivity contribution < 1.29 is 106 Å². The third kappa shape index (κ3) is 102. The van der Waals surface area contributed by atoms with Gasteiger partial charge in [-0.05, 0) is 183 Å². The van der Waals surface area contributed by atoms with E-state index in [0.717, 1.165) is 174 Å². The van der Waals surface area contributed by atoms with E-state index in [1.807, 2.05) is 55.8 Å². The lowest BCUT2D eigenvalue weighted by atomic mass is 9.91. The van der Waals surface area contributed by atoms with Crippen LogP contribution in [0.1, 0.15) is 341 Å². The normalized spacial score (nSPS) is 10.9. The van der Waals surface area contributed by atoms with Gasteiger partial charge in [0.05, 0.1) is 56.7 Å². The number of likely N-dealkylation sites (N-methyl/N-ethyl adjacent to an activating group) is 2. The van der Waals surface area contributed by atoms with E-state index < -0.39 is 34.7 Å². The molecule has 29 nitrogen and oxygen atoms in total. The molecule has 0 aromatic heterocycles. The molecule has 0 saturated heterocycles. The number of ether oxygens (including phenoxy) is 7. The Balaban J connectivity index is -0.000000256. The monoisotopic (exact) mass is 1710 g/mol. The van der Waals surface area contributed by atoms with E-state index in [4.69, 9.17) is 48.5 Å². The van der Waals surface area contributed by atoms with Crippen LogP contribution in [-0.2, 0) is 90.7 Å². The minimum atomic E-state index is -1.10. The Bertz CT molecular complexity index is 2480. The summed E-state index contributed by atoms with van der Waals surface area (Å²) >= 11 is 0. The van der Waals surface area contributed by atoms with Crippen molar-refractivity contribution >= 4 is 71.5 Å². The van der Waals surface area contributed by atoms with Gasteiger partial charge < -0.3 is 84.9 Å². The molecule has 0 aromatic rings. The molecule has 0 aromatic carbocycles. The molecular formula is C90H175N7O22. The Morgan fingerprint density at radius 3 is 1.08 bits per heavy atom. The molecule has 0 aliphatic heterocycles. The number of esters is 7. The first kappa shape index (κ1) is 125. The Labute approximate surface area is 720 Å². The fraction of sp³-hybridized carbons (Fsp3) is 0.844. The van der Waals surface area contributed by atoms with Crippen LogP contribution in [0.15, 0.2) is 12.2 Å². The first-order valence-corrected chi connectivity index (χ1v) is 45.1. The van der Waals surface area contributed by atoms with E-state index in [9.17, 15) is 57.5 Å². The summed E-state index contributed by atoms with van der Waals surface area (Å²) in [4.78, 5) is 137. The molecule has 8 N–H and O–H groups in total. The number of carbonyl (C=O) groups is 12. The zero-order chi connectivity index (χ0) is 91.5. The molecule has 0 saturated carbocycles. The Morgan fingerprint density at radius 1 is 0.336 bits per heavy atom. The lowest BCUT2D eigenvalue weighted by Gasteiger charge is -2.20. The van der Waals surface area contributed by atoms with Gasteiger partial charge in [0.2, 0.25) is 11.8 Å². The van der Waals surface area contributed by atoms with Crippen LogP contribution in [-0.4, -0.2) is 237 Å². The number of unbranched alkanes of at least 4 members (excludes halogenated alkanes) is 15. The van der Waals surface area contributed by atoms with Gasteiger partial charge in [-0.2, -0.15) is 0 Å². The average molecular weight is 1710 g/mol. The fourth-order valence-corrected chi connectivity index (χ4v) is 9.73. The third-order valence-electron chi connectivity index (χ3n) is 18.4. The topological polar surface area (TPSA) is 397 Å². The number of carbonyl (C=O) groups excluding carboxylic acids is 9. The van der Waals surface area contributed by atoms with Gasteiger partial charge in [-0.3, -0.25) is 52.7 Å². The van der Waals surface area contributed by atoms with Crippen molar-refractivity contribution in [2.24, 2.45) is 16.7 Å². The summed E-state index contributed by atoms with van der Waals surface area (Å²) in [6.07, 6.45) is 33.2. The number of nitrogens with zero attached hydrogens (tertiary/aromatic N) is 2. The van der Waals surface area contributed by atoms with E-state index in [-0.39, 0.29) is 93.1 Å². The Hall–Kier alpha value is -6.82. The molecule has 0 aliphatic carbocycles. The second kappa shape index (κ2) is 95.0. The molecule has 0 heterocycles. The second-order valence-electron chi connectivity index (χ2n) is 30.6. The number of rotatable bonds is 69. The van der Waals surface area contributed by atoms with Crippen molar-refractivity contribution in [2.75, 3.05) is 140 Å². The van der Waals surface area contributed by atoms with Gasteiger partial charge in [-0.15, -0.1) is 0 Å². The van der Waals surface area contributed by atoms with Crippen molar-refractivity contribution in [3.05, 3.63) is 12.2 Å². The van der Waals surface area contributed by atoms with Gasteiger partial charge in [0.15, 0.2) is 0 Å². The lowest BCUT2D eigenvalue weighted by Crippen LogP contribution is -2.34. The van der Waals surface area contributed by atoms with Crippen LogP contribution in [0.4, 0.5) is 0 Å². The van der Waals surface area contributed by atoms with Crippen LogP contribution in [0.3, 0.4) is 0 Å². The van der Waals surface area contributed by atoms with Crippen LogP contribution in [0, 0.1) is 16.7 Å². The molecule has 1 unspecified atom stereocenters. The van der Waals surface area contributed by atoms with Crippen molar-refractivity contribution in [3.8, 4) is 0 Å². The summed E-state index contributed by atoms with van der Waals surface area (Å²) in [6.45, 7) is 40.1. The maximum Gasteiger partial charge on any atom is 0.328 e. The summed E-state index contributed by atoms with van der Waals surface area (Å²) < 4.78 is 35.7. The summed E-state index contributed by atoms with van der Waals surface area (Å²) in [5.41, 5.74) is -1.03. The molecular weight excluding hydrogens is 1530 g/mol. The highest BCUT2D eigenvalue weighted by atomic mass is 16.6. The molecule has 0 radical (unpaired) electrons. The SMILES string of the molecule is CCC(C)(C)C(=O)OCCOC(=O)CCC(=O)O.CCCCC(CC)COC(=O)CCCCCOC(=O)CCCOC(=O)C(C)(C)CC.CCCCCCCC(=O)OCCCCCC(=O)N(C)CCC.CCCCCCCC(=O)OCCCCCC(=O)O.CCCN(C)C(=O)C=CC(=O)O.CCCNC.CCCNCCNCCNCCNC. The highest BCUT2D eigenvalue weighted by Crippen LogP contribution is 2.23. The molecule has 119 heavy (non-hydrogen) atoms. The first-order valence-electron chi connectivity index (χ1n) is 45.1.